The van der Waals surface area contributed by atoms with E-state index in [-0.39, 0.29) is 33.2 Å². The molecule has 0 saturated carbocycles. The lowest BCUT2D eigenvalue weighted by Gasteiger charge is -2.17. The number of nitrogen functional groups attached to an aromatic ring is 1. The van der Waals surface area contributed by atoms with E-state index in [4.69, 9.17) is 33.7 Å². The molecular formula is C22H21Cl2N5O3. The second kappa shape index (κ2) is 9.70. The van der Waals surface area contributed by atoms with Crippen molar-refractivity contribution in [3.05, 3.63) is 80.3 Å². The summed E-state index contributed by atoms with van der Waals surface area (Å²) in [4.78, 5) is 30.1. The summed E-state index contributed by atoms with van der Waals surface area (Å²) in [5.41, 5.74) is 6.61. The Morgan fingerprint density at radius 2 is 1.97 bits per heavy atom. The molecule has 166 valence electrons. The van der Waals surface area contributed by atoms with Gasteiger partial charge in [0, 0.05) is 12.3 Å². The number of hydrogen-bond acceptors (Lipinski definition) is 6. The predicted molar refractivity (Wildman–Crippen MR) is 125 cm³/mol. The van der Waals surface area contributed by atoms with E-state index in [0.717, 1.165) is 23.1 Å². The maximum absolute atomic E-state index is 13.1. The fourth-order valence-corrected chi connectivity index (χ4v) is 4.09. The van der Waals surface area contributed by atoms with E-state index in [1.807, 2.05) is 18.2 Å². The molecule has 1 saturated heterocycles. The number of hydrogen-bond donors (Lipinski definition) is 3. The van der Waals surface area contributed by atoms with Crippen LogP contribution in [0.5, 0.6) is 0 Å². The van der Waals surface area contributed by atoms with Gasteiger partial charge in [-0.2, -0.15) is 0 Å². The van der Waals surface area contributed by atoms with Crippen molar-refractivity contribution >= 4 is 40.6 Å². The fraction of sp³-hybridized carbons (Fsp3) is 0.227. The number of para-hydroxylation sites is 1. The summed E-state index contributed by atoms with van der Waals surface area (Å²) in [7, 11) is 0. The predicted octanol–water partition coefficient (Wildman–Crippen LogP) is 3.42. The largest absolute Gasteiger partial charge is 0.383 e. The zero-order valence-corrected chi connectivity index (χ0v) is 18.5. The molecule has 1 aromatic heterocycles. The van der Waals surface area contributed by atoms with Crippen LogP contribution in [0.3, 0.4) is 0 Å². The van der Waals surface area contributed by atoms with Crippen molar-refractivity contribution in [3.8, 4) is 5.69 Å². The standard InChI is InChI=1S/C22H21Cl2N5O3/c23-15-6-2-7-16(24)19(15)29-12-27-20(25)18(22(29)31)21(30)28-14-5-1-4-13(10-14)17-11-32-9-3-8-26-17/h1-2,4-7,10,12,17,26H,3,8-9,11,25H2,(H,28,30)/t17-/m1/s1. The van der Waals surface area contributed by atoms with Gasteiger partial charge in [0.25, 0.3) is 11.5 Å². The second-order valence-electron chi connectivity index (χ2n) is 7.26. The van der Waals surface area contributed by atoms with E-state index in [2.05, 4.69) is 15.6 Å². The summed E-state index contributed by atoms with van der Waals surface area (Å²) in [6.07, 6.45) is 2.13. The average molecular weight is 474 g/mol. The third-order valence-electron chi connectivity index (χ3n) is 5.09. The fourth-order valence-electron chi connectivity index (χ4n) is 3.51. The minimum Gasteiger partial charge on any atom is -0.383 e. The number of nitrogens with one attached hydrogen (secondary N) is 2. The van der Waals surface area contributed by atoms with Gasteiger partial charge in [-0.3, -0.25) is 14.2 Å². The van der Waals surface area contributed by atoms with Crippen LogP contribution in [0.4, 0.5) is 11.5 Å². The van der Waals surface area contributed by atoms with Crippen molar-refractivity contribution in [2.45, 2.75) is 12.5 Å². The molecule has 1 atom stereocenters. The summed E-state index contributed by atoms with van der Waals surface area (Å²) in [6, 6.07) is 12.2. The van der Waals surface area contributed by atoms with Crippen LogP contribution in [0.15, 0.2) is 53.6 Å². The van der Waals surface area contributed by atoms with Gasteiger partial charge in [0.15, 0.2) is 0 Å². The Morgan fingerprint density at radius 3 is 2.75 bits per heavy atom. The first-order valence-electron chi connectivity index (χ1n) is 9.99. The van der Waals surface area contributed by atoms with Gasteiger partial charge < -0.3 is 21.1 Å². The Kier molecular flexibility index (Phi) is 6.76. The minimum atomic E-state index is -0.681. The number of nitrogens with zero attached hydrogens (tertiary/aromatic N) is 2. The highest BCUT2D eigenvalue weighted by molar-refractivity contribution is 6.37. The molecule has 10 heteroatoms. The molecule has 1 fully saturated rings. The van der Waals surface area contributed by atoms with Gasteiger partial charge in [-0.1, -0.05) is 41.4 Å². The number of amides is 1. The van der Waals surface area contributed by atoms with Gasteiger partial charge in [0.05, 0.1) is 28.4 Å². The van der Waals surface area contributed by atoms with Crippen LogP contribution in [0.2, 0.25) is 10.0 Å². The van der Waals surface area contributed by atoms with E-state index >= 15 is 0 Å². The summed E-state index contributed by atoms with van der Waals surface area (Å²) >= 11 is 12.4. The zero-order valence-electron chi connectivity index (χ0n) is 17.0. The van der Waals surface area contributed by atoms with Crippen LogP contribution in [0.1, 0.15) is 28.4 Å². The van der Waals surface area contributed by atoms with Crippen molar-refractivity contribution in [2.75, 3.05) is 30.8 Å². The molecule has 2 aromatic carbocycles. The summed E-state index contributed by atoms with van der Waals surface area (Å²) in [6.45, 7) is 2.09. The lowest BCUT2D eigenvalue weighted by molar-refractivity contribution is 0.102. The molecule has 8 nitrogen and oxygen atoms in total. The van der Waals surface area contributed by atoms with Crippen molar-refractivity contribution in [3.63, 3.8) is 0 Å². The molecule has 0 radical (unpaired) electrons. The maximum Gasteiger partial charge on any atom is 0.273 e. The molecule has 4 N–H and O–H groups in total. The Balaban J connectivity index is 1.65. The van der Waals surface area contributed by atoms with Crippen molar-refractivity contribution in [1.29, 1.82) is 0 Å². The van der Waals surface area contributed by atoms with Crippen LogP contribution >= 0.6 is 23.2 Å². The molecule has 1 aliphatic rings. The molecule has 1 aliphatic heterocycles. The Morgan fingerprint density at radius 1 is 1.22 bits per heavy atom. The molecular weight excluding hydrogens is 453 g/mol. The second-order valence-corrected chi connectivity index (χ2v) is 8.08. The molecule has 2 heterocycles. The summed E-state index contributed by atoms with van der Waals surface area (Å²) < 4.78 is 6.73. The minimum absolute atomic E-state index is 0.0115. The SMILES string of the molecule is Nc1ncn(-c2c(Cl)cccc2Cl)c(=O)c1C(=O)Nc1cccc([C@H]2COCCCN2)c1. The number of benzene rings is 2. The molecule has 0 spiro atoms. The average Bonchev–Trinajstić information content (AvgIpc) is 3.05. The van der Waals surface area contributed by atoms with Crippen LogP contribution in [-0.2, 0) is 4.74 Å². The third kappa shape index (κ3) is 4.63. The number of rotatable bonds is 4. The summed E-state index contributed by atoms with van der Waals surface area (Å²) in [5, 5.41) is 6.63. The monoisotopic (exact) mass is 473 g/mol. The quantitative estimate of drug-likeness (QED) is 0.535. The molecule has 4 rings (SSSR count). The first-order chi connectivity index (χ1) is 15.5. The highest BCUT2D eigenvalue weighted by Gasteiger charge is 2.21. The van der Waals surface area contributed by atoms with E-state index in [1.165, 1.54) is 6.33 Å². The Bertz CT molecular complexity index is 1190. The molecule has 0 unspecified atom stereocenters. The van der Waals surface area contributed by atoms with E-state index in [0.29, 0.717) is 18.9 Å². The van der Waals surface area contributed by atoms with Gasteiger partial charge in [-0.25, -0.2) is 4.98 Å². The topological polar surface area (TPSA) is 111 Å². The van der Waals surface area contributed by atoms with Crippen LogP contribution in [0.25, 0.3) is 5.69 Å². The van der Waals surface area contributed by atoms with Gasteiger partial charge in [-0.15, -0.1) is 0 Å². The number of carbonyl (C=O) groups excluding carboxylic acids is 1. The van der Waals surface area contributed by atoms with Gasteiger partial charge in [0.2, 0.25) is 0 Å². The number of aromatic nitrogens is 2. The number of anilines is 2. The van der Waals surface area contributed by atoms with Crippen molar-refractivity contribution in [2.24, 2.45) is 0 Å². The molecule has 0 bridgehead atoms. The highest BCUT2D eigenvalue weighted by Crippen LogP contribution is 2.27. The first-order valence-corrected chi connectivity index (χ1v) is 10.7. The Hall–Kier alpha value is -2.91. The van der Waals surface area contributed by atoms with Gasteiger partial charge in [-0.05, 0) is 42.8 Å². The van der Waals surface area contributed by atoms with Crippen LogP contribution < -0.4 is 21.9 Å². The van der Waals surface area contributed by atoms with E-state index in [1.54, 1.807) is 24.3 Å². The lowest BCUT2D eigenvalue weighted by atomic mass is 10.1. The van der Waals surface area contributed by atoms with Crippen LogP contribution in [-0.4, -0.2) is 35.2 Å². The number of nitrogens with two attached hydrogens (primary N) is 1. The van der Waals surface area contributed by atoms with Crippen LogP contribution in [0, 0.1) is 0 Å². The maximum atomic E-state index is 13.1. The summed E-state index contributed by atoms with van der Waals surface area (Å²) in [5.74, 6) is -0.873. The molecule has 1 amide bonds. The highest BCUT2D eigenvalue weighted by atomic mass is 35.5. The molecule has 0 aliphatic carbocycles. The zero-order chi connectivity index (χ0) is 22.7. The van der Waals surface area contributed by atoms with Gasteiger partial charge in [0.1, 0.15) is 17.7 Å². The smallest absolute Gasteiger partial charge is 0.273 e. The van der Waals surface area contributed by atoms with E-state index in [9.17, 15) is 9.59 Å². The number of ether oxygens (including phenoxy) is 1. The number of carbonyl (C=O) groups is 1. The first kappa shape index (κ1) is 22.3. The Labute approximate surface area is 194 Å². The molecule has 3 aromatic rings. The molecule has 32 heavy (non-hydrogen) atoms. The van der Waals surface area contributed by atoms with E-state index < -0.39 is 11.5 Å². The van der Waals surface area contributed by atoms with Crippen molar-refractivity contribution < 1.29 is 9.53 Å². The number of halogens is 2. The van der Waals surface area contributed by atoms with Gasteiger partial charge >= 0.3 is 0 Å². The lowest BCUT2D eigenvalue weighted by Crippen LogP contribution is -2.31. The van der Waals surface area contributed by atoms with Crippen molar-refractivity contribution in [1.82, 2.24) is 14.9 Å². The normalized spacial score (nSPS) is 16.4. The third-order valence-corrected chi connectivity index (χ3v) is 5.70.